The molecule has 1 amide bonds. The van der Waals surface area contributed by atoms with Crippen LogP contribution in [0.1, 0.15) is 62.7 Å². The summed E-state index contributed by atoms with van der Waals surface area (Å²) >= 11 is 0. The van der Waals surface area contributed by atoms with Gasteiger partial charge >= 0.3 is 0 Å². The second-order valence-corrected chi connectivity index (χ2v) is 9.89. The first kappa shape index (κ1) is 27.7. The van der Waals surface area contributed by atoms with Crippen LogP contribution >= 0.6 is 0 Å². The molecule has 8 nitrogen and oxygen atoms in total. The number of hydrogen-bond acceptors (Lipinski definition) is 7. The standard InChI is InChI=1S/C26H39N3O5/c1-17(2)10-20(15-30)28-25(34)12-18-6-5-7-19(11-18)13-26(3,4)27-14-24(33)21-8-9-23(32)22(16-31)29-21/h5-9,11,17,20,24,27,30-33H,10,12-16H2,1-4H3,(H,28,34)/t20-,24?/m0/s1. The zero-order valence-corrected chi connectivity index (χ0v) is 20.6. The van der Waals surface area contributed by atoms with Crippen LogP contribution < -0.4 is 10.6 Å². The van der Waals surface area contributed by atoms with E-state index in [4.69, 9.17) is 0 Å². The Kier molecular flexibility index (Phi) is 10.4. The van der Waals surface area contributed by atoms with Crippen molar-refractivity contribution >= 4 is 5.91 Å². The maximum Gasteiger partial charge on any atom is 0.224 e. The minimum Gasteiger partial charge on any atom is -0.506 e. The number of carbonyl (C=O) groups excluding carboxylic acids is 1. The van der Waals surface area contributed by atoms with Gasteiger partial charge in [-0.2, -0.15) is 0 Å². The van der Waals surface area contributed by atoms with Crippen LogP contribution in [0.3, 0.4) is 0 Å². The Morgan fingerprint density at radius 1 is 1.12 bits per heavy atom. The van der Waals surface area contributed by atoms with E-state index in [9.17, 15) is 25.2 Å². The number of aliphatic hydroxyl groups excluding tert-OH is 3. The Hall–Kier alpha value is -2.52. The molecular weight excluding hydrogens is 434 g/mol. The van der Waals surface area contributed by atoms with E-state index in [1.165, 1.54) is 12.1 Å². The fourth-order valence-electron chi connectivity index (χ4n) is 3.92. The fraction of sp³-hybridized carbons (Fsp3) is 0.538. The van der Waals surface area contributed by atoms with Crippen LogP contribution in [0.5, 0.6) is 5.75 Å². The van der Waals surface area contributed by atoms with Crippen LogP contribution in [0.25, 0.3) is 0 Å². The molecule has 0 saturated heterocycles. The third-order valence-electron chi connectivity index (χ3n) is 5.58. The molecule has 188 valence electrons. The molecule has 0 aliphatic heterocycles. The molecule has 0 aliphatic carbocycles. The van der Waals surface area contributed by atoms with Crippen molar-refractivity contribution in [1.29, 1.82) is 0 Å². The third kappa shape index (κ3) is 9.02. The average molecular weight is 474 g/mol. The quantitative estimate of drug-likeness (QED) is 0.262. The molecule has 2 rings (SSSR count). The van der Waals surface area contributed by atoms with Gasteiger partial charge in [-0.05, 0) is 55.9 Å². The molecule has 0 aliphatic rings. The predicted molar refractivity (Wildman–Crippen MR) is 131 cm³/mol. The van der Waals surface area contributed by atoms with Gasteiger partial charge in [0.1, 0.15) is 17.5 Å². The Morgan fingerprint density at radius 3 is 2.47 bits per heavy atom. The topological polar surface area (TPSA) is 135 Å². The van der Waals surface area contributed by atoms with Crippen LogP contribution in [0.4, 0.5) is 0 Å². The molecule has 1 unspecified atom stereocenters. The van der Waals surface area contributed by atoms with E-state index in [2.05, 4.69) is 29.5 Å². The summed E-state index contributed by atoms with van der Waals surface area (Å²) in [6.45, 7) is 7.94. The molecule has 8 heteroatoms. The molecule has 0 bridgehead atoms. The number of nitrogens with zero attached hydrogens (tertiary/aromatic N) is 1. The molecule has 0 radical (unpaired) electrons. The van der Waals surface area contributed by atoms with Gasteiger partial charge in [0.2, 0.25) is 5.91 Å². The van der Waals surface area contributed by atoms with Gasteiger partial charge in [0.05, 0.1) is 31.4 Å². The summed E-state index contributed by atoms with van der Waals surface area (Å²) in [6, 6.07) is 10.6. The number of nitrogens with one attached hydrogen (secondary N) is 2. The lowest BCUT2D eigenvalue weighted by molar-refractivity contribution is -0.121. The number of carbonyl (C=O) groups is 1. The van der Waals surface area contributed by atoms with Crippen molar-refractivity contribution < 1.29 is 25.2 Å². The van der Waals surface area contributed by atoms with Crippen molar-refractivity contribution in [3.05, 3.63) is 58.9 Å². The minimum atomic E-state index is -0.898. The molecule has 6 N–H and O–H groups in total. The number of aromatic hydroxyl groups is 1. The highest BCUT2D eigenvalue weighted by molar-refractivity contribution is 5.78. The first-order valence-electron chi connectivity index (χ1n) is 11.7. The van der Waals surface area contributed by atoms with E-state index in [1.807, 2.05) is 38.1 Å². The van der Waals surface area contributed by atoms with Crippen molar-refractivity contribution in [2.45, 2.75) is 71.2 Å². The summed E-state index contributed by atoms with van der Waals surface area (Å²) in [6.07, 6.45) is 0.752. The predicted octanol–water partition coefficient (Wildman–Crippen LogP) is 1.99. The number of pyridine rings is 1. The number of aliphatic hydroxyl groups is 3. The van der Waals surface area contributed by atoms with E-state index in [0.717, 1.165) is 17.5 Å². The maximum absolute atomic E-state index is 12.4. The number of aromatic nitrogens is 1. The Labute approximate surface area is 202 Å². The van der Waals surface area contributed by atoms with Gasteiger partial charge in [-0.3, -0.25) is 4.79 Å². The molecule has 0 fully saturated rings. The normalized spacial score (nSPS) is 13.6. The molecule has 0 spiro atoms. The van der Waals surface area contributed by atoms with Gasteiger partial charge in [-0.1, -0.05) is 38.1 Å². The maximum atomic E-state index is 12.4. The van der Waals surface area contributed by atoms with Crippen molar-refractivity contribution in [2.75, 3.05) is 13.2 Å². The molecule has 0 saturated carbocycles. The summed E-state index contributed by atoms with van der Waals surface area (Å²) in [4.78, 5) is 16.6. The number of hydrogen-bond donors (Lipinski definition) is 6. The lowest BCUT2D eigenvalue weighted by Crippen LogP contribution is -2.43. The zero-order chi connectivity index (χ0) is 25.3. The van der Waals surface area contributed by atoms with Gasteiger partial charge in [0, 0.05) is 12.1 Å². The fourth-order valence-corrected chi connectivity index (χ4v) is 3.92. The number of β-amino-alcohol motifs (C(OH)–C–C–N with tert-alkyl or cyclic N) is 1. The molecule has 34 heavy (non-hydrogen) atoms. The molecule has 2 atom stereocenters. The van der Waals surface area contributed by atoms with Gasteiger partial charge in [-0.15, -0.1) is 0 Å². The monoisotopic (exact) mass is 473 g/mol. The van der Waals surface area contributed by atoms with E-state index in [-0.39, 0.29) is 48.5 Å². The smallest absolute Gasteiger partial charge is 0.224 e. The van der Waals surface area contributed by atoms with Crippen molar-refractivity contribution in [2.24, 2.45) is 5.92 Å². The highest BCUT2D eigenvalue weighted by Gasteiger charge is 2.21. The first-order chi connectivity index (χ1) is 16.0. The summed E-state index contributed by atoms with van der Waals surface area (Å²) in [5.41, 5.74) is 2.11. The van der Waals surface area contributed by atoms with Gasteiger partial charge in [0.15, 0.2) is 0 Å². The van der Waals surface area contributed by atoms with Crippen molar-refractivity contribution in [3.8, 4) is 5.75 Å². The largest absolute Gasteiger partial charge is 0.506 e. The third-order valence-corrected chi connectivity index (χ3v) is 5.58. The highest BCUT2D eigenvalue weighted by atomic mass is 16.3. The Morgan fingerprint density at radius 2 is 1.82 bits per heavy atom. The van der Waals surface area contributed by atoms with Gasteiger partial charge < -0.3 is 31.1 Å². The Balaban J connectivity index is 1.94. The van der Waals surface area contributed by atoms with Crippen LogP contribution in [0.15, 0.2) is 36.4 Å². The average Bonchev–Trinajstić information content (AvgIpc) is 2.77. The molecule has 2 aromatic rings. The molecular formula is C26H39N3O5. The summed E-state index contributed by atoms with van der Waals surface area (Å²) < 4.78 is 0. The summed E-state index contributed by atoms with van der Waals surface area (Å²) in [5, 5.41) is 45.2. The van der Waals surface area contributed by atoms with Gasteiger partial charge in [-0.25, -0.2) is 4.98 Å². The SMILES string of the molecule is CC(C)C[C@@H](CO)NC(=O)Cc1cccc(CC(C)(C)NCC(O)c2ccc(O)c(CO)n2)c1. The second kappa shape index (κ2) is 12.8. The second-order valence-electron chi connectivity index (χ2n) is 9.89. The van der Waals surface area contributed by atoms with Crippen LogP contribution in [0.2, 0.25) is 0 Å². The van der Waals surface area contributed by atoms with E-state index < -0.39 is 12.7 Å². The van der Waals surface area contributed by atoms with Crippen molar-refractivity contribution in [3.63, 3.8) is 0 Å². The summed E-state index contributed by atoms with van der Waals surface area (Å²) in [7, 11) is 0. The van der Waals surface area contributed by atoms with Crippen LogP contribution in [0, 0.1) is 5.92 Å². The molecule has 1 heterocycles. The number of amides is 1. The number of benzene rings is 1. The van der Waals surface area contributed by atoms with E-state index in [0.29, 0.717) is 18.0 Å². The number of rotatable bonds is 13. The minimum absolute atomic E-state index is 0.0728. The van der Waals surface area contributed by atoms with E-state index >= 15 is 0 Å². The van der Waals surface area contributed by atoms with Crippen molar-refractivity contribution in [1.82, 2.24) is 15.6 Å². The van der Waals surface area contributed by atoms with E-state index in [1.54, 1.807) is 0 Å². The lowest BCUT2D eigenvalue weighted by Gasteiger charge is -2.28. The molecule has 1 aromatic carbocycles. The van der Waals surface area contributed by atoms with Crippen LogP contribution in [-0.2, 0) is 24.2 Å². The highest BCUT2D eigenvalue weighted by Crippen LogP contribution is 2.20. The first-order valence-corrected chi connectivity index (χ1v) is 11.7. The Bertz CT molecular complexity index is 932. The zero-order valence-electron chi connectivity index (χ0n) is 20.6. The van der Waals surface area contributed by atoms with Gasteiger partial charge in [0.25, 0.3) is 0 Å². The summed E-state index contributed by atoms with van der Waals surface area (Å²) in [5.74, 6) is 0.170. The van der Waals surface area contributed by atoms with Crippen LogP contribution in [-0.4, -0.2) is 56.0 Å². The molecule has 1 aromatic heterocycles. The lowest BCUT2D eigenvalue weighted by atomic mass is 9.93.